The fourth-order valence-electron chi connectivity index (χ4n) is 4.07. The Kier molecular flexibility index (Phi) is 7.05. The molecule has 4 atom stereocenters. The van der Waals surface area contributed by atoms with Crippen molar-refractivity contribution in [3.05, 3.63) is 42.1 Å². The lowest BCUT2D eigenvalue weighted by atomic mass is 10.0. The second-order valence-corrected chi connectivity index (χ2v) is 8.49. The van der Waals surface area contributed by atoms with Gasteiger partial charge in [0, 0.05) is 31.7 Å². The van der Waals surface area contributed by atoms with Crippen molar-refractivity contribution in [2.45, 2.75) is 25.1 Å². The molecule has 10 heteroatoms. The molecule has 1 aliphatic carbocycles. The number of aliphatic hydroxyl groups is 2. The van der Waals surface area contributed by atoms with Gasteiger partial charge in [0.1, 0.15) is 30.3 Å². The van der Waals surface area contributed by atoms with Crippen molar-refractivity contribution in [2.75, 3.05) is 31.6 Å². The Balaban J connectivity index is 1.45. The van der Waals surface area contributed by atoms with Crippen molar-refractivity contribution in [2.24, 2.45) is 11.8 Å². The summed E-state index contributed by atoms with van der Waals surface area (Å²) >= 11 is 0. The first kappa shape index (κ1) is 23.6. The molecule has 2 amide bonds. The number of piperidine rings is 1. The highest BCUT2D eigenvalue weighted by molar-refractivity contribution is 5.94. The third-order valence-corrected chi connectivity index (χ3v) is 6.19. The third-order valence-electron chi connectivity index (χ3n) is 6.19. The maximum absolute atomic E-state index is 14.6. The van der Waals surface area contributed by atoms with Gasteiger partial charge in [-0.05, 0) is 47.7 Å². The zero-order valence-corrected chi connectivity index (χ0v) is 18.4. The van der Waals surface area contributed by atoms with Crippen LogP contribution in [0.2, 0.25) is 0 Å². The summed E-state index contributed by atoms with van der Waals surface area (Å²) in [4.78, 5) is 29.2. The van der Waals surface area contributed by atoms with Crippen LogP contribution in [0.3, 0.4) is 0 Å². The number of aromatic nitrogens is 1. The van der Waals surface area contributed by atoms with Crippen LogP contribution < -0.4 is 10.1 Å². The quantitative estimate of drug-likeness (QED) is 0.560. The highest BCUT2D eigenvalue weighted by Gasteiger charge is 2.42. The van der Waals surface area contributed by atoms with E-state index < -0.39 is 24.8 Å². The Hall–Kier alpha value is -3.55. The number of alkyl halides is 1. The van der Waals surface area contributed by atoms with Crippen LogP contribution in [0, 0.1) is 23.2 Å². The van der Waals surface area contributed by atoms with Crippen molar-refractivity contribution in [1.82, 2.24) is 9.88 Å². The normalized spacial score (nSPS) is 23.6. The van der Waals surface area contributed by atoms with Crippen molar-refractivity contribution in [3.63, 3.8) is 0 Å². The summed E-state index contributed by atoms with van der Waals surface area (Å²) in [6.45, 7) is -0.590. The number of hydrogen-bond donors (Lipinski definition) is 3. The maximum atomic E-state index is 14.6. The van der Waals surface area contributed by atoms with Crippen LogP contribution in [-0.2, 0) is 9.59 Å². The van der Waals surface area contributed by atoms with E-state index in [0.717, 1.165) is 5.56 Å². The number of anilines is 1. The third kappa shape index (κ3) is 5.16. The Labute approximate surface area is 195 Å². The minimum Gasteiger partial charge on any atom is -0.486 e. The molecule has 1 saturated carbocycles. The predicted molar refractivity (Wildman–Crippen MR) is 119 cm³/mol. The number of aliphatic hydroxyl groups excluding tert-OH is 2. The molecule has 1 aliphatic heterocycles. The number of hydrogen-bond acceptors (Lipinski definition) is 7. The number of rotatable bonds is 7. The van der Waals surface area contributed by atoms with Gasteiger partial charge in [0.05, 0.1) is 12.1 Å². The molecule has 34 heavy (non-hydrogen) atoms. The van der Waals surface area contributed by atoms with Crippen molar-refractivity contribution >= 4 is 17.6 Å². The van der Waals surface area contributed by atoms with Crippen LogP contribution in [0.25, 0.3) is 11.1 Å². The molecule has 3 N–H and O–H groups in total. The molecular formula is C24H25FN4O5. The van der Waals surface area contributed by atoms with Crippen LogP contribution in [0.4, 0.5) is 10.2 Å². The highest BCUT2D eigenvalue weighted by Crippen LogP contribution is 2.38. The number of nitrogens with zero attached hydrogens (tertiary/aromatic N) is 3. The standard InChI is InChI=1S/C24H25FN4O5/c25-19-11-29(23(32)13-31)6-4-21(19)34-20-2-1-14(7-16(20)10-26)15-3-5-27-22(9-15)28-24(33)18-8-17(18)12-30/h1-3,5,7,9,17-19,21,30-31H,4,6,8,11-13H2,(H,27,28,33)/t17?,18?,19-,21+/m1/s1. The number of nitriles is 1. The first-order valence-corrected chi connectivity index (χ1v) is 11.0. The number of amides is 2. The molecule has 2 unspecified atom stereocenters. The molecule has 1 saturated heterocycles. The van der Waals surface area contributed by atoms with Gasteiger partial charge < -0.3 is 25.2 Å². The lowest BCUT2D eigenvalue weighted by Crippen LogP contribution is -2.50. The largest absolute Gasteiger partial charge is 0.486 e. The highest BCUT2D eigenvalue weighted by atomic mass is 19.1. The van der Waals surface area contributed by atoms with Gasteiger partial charge in [-0.1, -0.05) is 6.07 Å². The van der Waals surface area contributed by atoms with E-state index in [0.29, 0.717) is 17.8 Å². The SMILES string of the molecule is N#Cc1cc(-c2ccnc(NC(=O)C3CC3CO)c2)ccc1O[C@H]1CCN(C(=O)CO)C[C@H]1F. The monoisotopic (exact) mass is 468 g/mol. The van der Waals surface area contributed by atoms with Crippen LogP contribution in [0.5, 0.6) is 5.75 Å². The van der Waals surface area contributed by atoms with Crippen LogP contribution in [-0.4, -0.2) is 70.5 Å². The Morgan fingerprint density at radius 3 is 2.74 bits per heavy atom. The van der Waals surface area contributed by atoms with Gasteiger partial charge >= 0.3 is 0 Å². The van der Waals surface area contributed by atoms with E-state index in [2.05, 4.69) is 16.4 Å². The number of carbonyl (C=O) groups is 2. The molecule has 0 spiro atoms. The summed E-state index contributed by atoms with van der Waals surface area (Å²) < 4.78 is 20.4. The molecular weight excluding hydrogens is 443 g/mol. The van der Waals surface area contributed by atoms with Gasteiger partial charge in [0.2, 0.25) is 11.8 Å². The Morgan fingerprint density at radius 2 is 2.06 bits per heavy atom. The van der Waals surface area contributed by atoms with Crippen molar-refractivity contribution < 1.29 is 28.9 Å². The lowest BCUT2D eigenvalue weighted by Gasteiger charge is -2.34. The van der Waals surface area contributed by atoms with Gasteiger partial charge in [-0.15, -0.1) is 0 Å². The summed E-state index contributed by atoms with van der Waals surface area (Å²) in [7, 11) is 0. The van der Waals surface area contributed by atoms with E-state index in [1.165, 1.54) is 4.90 Å². The van der Waals surface area contributed by atoms with Crippen molar-refractivity contribution in [1.29, 1.82) is 5.26 Å². The molecule has 4 rings (SSSR count). The minimum atomic E-state index is -1.45. The molecule has 1 aromatic carbocycles. The lowest BCUT2D eigenvalue weighted by molar-refractivity contribution is -0.138. The molecule has 2 heterocycles. The number of halogens is 1. The zero-order chi connectivity index (χ0) is 24.2. The van der Waals surface area contributed by atoms with E-state index >= 15 is 0 Å². The summed E-state index contributed by atoms with van der Waals surface area (Å²) in [6.07, 6.45) is 0.191. The van der Waals surface area contributed by atoms with Crippen LogP contribution in [0.15, 0.2) is 36.5 Å². The molecule has 0 radical (unpaired) electrons. The topological polar surface area (TPSA) is 136 Å². The number of ether oxygens (including phenoxy) is 1. The van der Waals surface area contributed by atoms with Crippen molar-refractivity contribution in [3.8, 4) is 22.9 Å². The summed E-state index contributed by atoms with van der Waals surface area (Å²) in [5.41, 5.74) is 1.65. The first-order valence-electron chi connectivity index (χ1n) is 11.0. The molecule has 178 valence electrons. The second-order valence-electron chi connectivity index (χ2n) is 8.49. The molecule has 2 fully saturated rings. The zero-order valence-electron chi connectivity index (χ0n) is 18.4. The second kappa shape index (κ2) is 10.2. The van der Waals surface area contributed by atoms with E-state index in [4.69, 9.17) is 14.9 Å². The average Bonchev–Trinajstić information content (AvgIpc) is 3.65. The van der Waals surface area contributed by atoms with Gasteiger partial charge in [-0.25, -0.2) is 9.37 Å². The summed E-state index contributed by atoms with van der Waals surface area (Å²) in [5.74, 6) is -0.300. The Morgan fingerprint density at radius 1 is 1.26 bits per heavy atom. The van der Waals surface area contributed by atoms with Gasteiger partial charge in [0.15, 0.2) is 6.17 Å². The molecule has 2 aromatic rings. The minimum absolute atomic E-state index is 0.000218. The molecule has 9 nitrogen and oxygen atoms in total. The summed E-state index contributed by atoms with van der Waals surface area (Å²) in [5, 5.41) is 30.5. The molecule has 2 aliphatic rings. The van der Waals surface area contributed by atoms with E-state index in [1.54, 1.807) is 36.5 Å². The fraction of sp³-hybridized carbons (Fsp3) is 0.417. The first-order chi connectivity index (χ1) is 16.4. The average molecular weight is 468 g/mol. The van der Waals surface area contributed by atoms with E-state index in [-0.39, 0.29) is 55.2 Å². The van der Waals surface area contributed by atoms with E-state index in [9.17, 15) is 19.2 Å². The van der Waals surface area contributed by atoms with Gasteiger partial charge in [-0.3, -0.25) is 9.59 Å². The van der Waals surface area contributed by atoms with Crippen LogP contribution in [0.1, 0.15) is 18.4 Å². The van der Waals surface area contributed by atoms with Gasteiger partial charge in [-0.2, -0.15) is 5.26 Å². The van der Waals surface area contributed by atoms with Gasteiger partial charge in [0.25, 0.3) is 0 Å². The maximum Gasteiger partial charge on any atom is 0.248 e. The number of carbonyl (C=O) groups excluding carboxylic acids is 2. The number of benzene rings is 1. The number of likely N-dealkylation sites (tertiary alicyclic amines) is 1. The Bertz CT molecular complexity index is 1120. The number of nitrogens with one attached hydrogen (secondary N) is 1. The fourth-order valence-corrected chi connectivity index (χ4v) is 4.07. The predicted octanol–water partition coefficient (Wildman–Crippen LogP) is 1.50. The van der Waals surface area contributed by atoms with Crippen LogP contribution >= 0.6 is 0 Å². The molecule has 0 bridgehead atoms. The molecule has 1 aromatic heterocycles. The number of pyridine rings is 1. The van der Waals surface area contributed by atoms with E-state index in [1.807, 2.05) is 0 Å². The smallest absolute Gasteiger partial charge is 0.248 e. The summed E-state index contributed by atoms with van der Waals surface area (Å²) in [6, 6.07) is 10.5.